The maximum absolute atomic E-state index is 13.7. The van der Waals surface area contributed by atoms with Crippen molar-refractivity contribution in [2.24, 2.45) is 4.99 Å². The van der Waals surface area contributed by atoms with Crippen LogP contribution in [0.15, 0.2) is 70.9 Å². The number of aliphatic imine (C=N–C) groups is 1. The summed E-state index contributed by atoms with van der Waals surface area (Å²) < 4.78 is 0. The molecule has 2 heterocycles. The molecule has 1 saturated heterocycles. The number of hydrogen-bond acceptors (Lipinski definition) is 5. The number of hydrogen-bond donors (Lipinski definition) is 1. The van der Waals surface area contributed by atoms with Crippen LogP contribution in [0, 0.1) is 0 Å². The van der Waals surface area contributed by atoms with Gasteiger partial charge < -0.3 is 5.11 Å². The topological polar surface area (TPSA) is 73.2 Å². The SMILES string of the molecule is O=C1C(=C2CCCCC2)N=C(c2ccccc2)N1N1C(=O)CSC1c1ccccc1O. The molecule has 0 spiro atoms. The number of allylic oxidation sites excluding steroid dienone is 1. The first kappa shape index (κ1) is 19.9. The summed E-state index contributed by atoms with van der Waals surface area (Å²) in [4.78, 5) is 31.5. The summed E-state index contributed by atoms with van der Waals surface area (Å²) in [6.45, 7) is 0. The lowest BCUT2D eigenvalue weighted by Gasteiger charge is -2.33. The Bertz CT molecular complexity index is 1090. The van der Waals surface area contributed by atoms with Crippen LogP contribution in [0.2, 0.25) is 0 Å². The maximum Gasteiger partial charge on any atom is 0.297 e. The summed E-state index contributed by atoms with van der Waals surface area (Å²) in [6.07, 6.45) is 5.02. The summed E-state index contributed by atoms with van der Waals surface area (Å²) in [5, 5.41) is 12.8. The van der Waals surface area contributed by atoms with Gasteiger partial charge in [-0.2, -0.15) is 5.01 Å². The fourth-order valence-electron chi connectivity index (χ4n) is 4.37. The standard InChI is InChI=1S/C24H23N3O3S/c28-19-14-8-7-13-18(19)24-26(20(29)15-31-24)27-22(17-11-5-2-6-12-17)25-21(23(27)30)16-9-3-1-4-10-16/h2,5-8,11-14,24,28H,1,3-4,9-10,15H2. The van der Waals surface area contributed by atoms with E-state index < -0.39 is 5.37 Å². The van der Waals surface area contributed by atoms with Crippen molar-refractivity contribution in [2.45, 2.75) is 37.5 Å². The van der Waals surface area contributed by atoms with Crippen molar-refractivity contribution in [3.63, 3.8) is 0 Å². The molecule has 2 fully saturated rings. The number of benzene rings is 2. The fraction of sp³-hybridized carbons (Fsp3) is 0.292. The van der Waals surface area contributed by atoms with Gasteiger partial charge in [0.05, 0.1) is 5.75 Å². The van der Waals surface area contributed by atoms with Crippen LogP contribution >= 0.6 is 11.8 Å². The van der Waals surface area contributed by atoms with E-state index in [-0.39, 0.29) is 23.3 Å². The molecule has 6 nitrogen and oxygen atoms in total. The molecule has 1 unspecified atom stereocenters. The van der Waals surface area contributed by atoms with Crippen molar-refractivity contribution in [1.82, 2.24) is 10.0 Å². The molecule has 5 rings (SSSR count). The molecule has 2 aliphatic heterocycles. The van der Waals surface area contributed by atoms with E-state index in [0.717, 1.165) is 36.8 Å². The Morgan fingerprint density at radius 1 is 0.935 bits per heavy atom. The minimum atomic E-state index is -0.498. The predicted octanol–water partition coefficient (Wildman–Crippen LogP) is 4.39. The molecular weight excluding hydrogens is 410 g/mol. The van der Waals surface area contributed by atoms with Gasteiger partial charge in [-0.25, -0.2) is 10.0 Å². The zero-order valence-electron chi connectivity index (χ0n) is 17.0. The van der Waals surface area contributed by atoms with Crippen molar-refractivity contribution in [3.05, 3.63) is 77.0 Å². The number of amidine groups is 1. The smallest absolute Gasteiger partial charge is 0.297 e. The highest BCUT2D eigenvalue weighted by molar-refractivity contribution is 8.00. The predicted molar refractivity (Wildman–Crippen MR) is 120 cm³/mol. The zero-order valence-corrected chi connectivity index (χ0v) is 17.8. The average Bonchev–Trinajstić information content (AvgIpc) is 3.34. The van der Waals surface area contributed by atoms with E-state index in [1.54, 1.807) is 18.2 Å². The molecule has 1 atom stereocenters. The number of thioether (sulfide) groups is 1. The first-order valence-corrected chi connectivity index (χ1v) is 11.6. The Kier molecular flexibility index (Phi) is 5.28. The molecule has 158 valence electrons. The minimum absolute atomic E-state index is 0.107. The number of nitrogens with zero attached hydrogens (tertiary/aromatic N) is 3. The highest BCUT2D eigenvalue weighted by atomic mass is 32.2. The largest absolute Gasteiger partial charge is 0.508 e. The zero-order chi connectivity index (χ0) is 21.4. The van der Waals surface area contributed by atoms with E-state index in [9.17, 15) is 14.7 Å². The van der Waals surface area contributed by atoms with Crippen molar-refractivity contribution in [2.75, 3.05) is 5.75 Å². The Hall–Kier alpha value is -3.06. The molecule has 0 bridgehead atoms. The summed E-state index contributed by atoms with van der Waals surface area (Å²) in [7, 11) is 0. The van der Waals surface area contributed by atoms with E-state index in [0.29, 0.717) is 17.1 Å². The Morgan fingerprint density at radius 3 is 2.39 bits per heavy atom. The number of hydrazine groups is 1. The Balaban J connectivity index is 1.62. The minimum Gasteiger partial charge on any atom is -0.508 e. The number of phenols is 1. The molecule has 3 aliphatic rings. The van der Waals surface area contributed by atoms with Gasteiger partial charge in [0.1, 0.15) is 16.8 Å². The van der Waals surface area contributed by atoms with Crippen LogP contribution in [0.5, 0.6) is 5.75 Å². The summed E-state index contributed by atoms with van der Waals surface area (Å²) >= 11 is 1.40. The first-order chi connectivity index (χ1) is 15.1. The van der Waals surface area contributed by atoms with Crippen LogP contribution in [0.25, 0.3) is 0 Å². The van der Waals surface area contributed by atoms with E-state index in [4.69, 9.17) is 4.99 Å². The van der Waals surface area contributed by atoms with Crippen molar-refractivity contribution < 1.29 is 14.7 Å². The van der Waals surface area contributed by atoms with Crippen molar-refractivity contribution in [3.8, 4) is 5.75 Å². The van der Waals surface area contributed by atoms with Gasteiger partial charge in [-0.1, -0.05) is 55.0 Å². The highest BCUT2D eigenvalue weighted by Crippen LogP contribution is 2.45. The molecule has 2 aromatic carbocycles. The van der Waals surface area contributed by atoms with Crippen LogP contribution in [0.4, 0.5) is 0 Å². The summed E-state index contributed by atoms with van der Waals surface area (Å²) in [6, 6.07) is 16.5. The molecule has 1 N–H and O–H groups in total. The molecular formula is C24H23N3O3S. The average molecular weight is 434 g/mol. The van der Waals surface area contributed by atoms with E-state index in [1.165, 1.54) is 28.2 Å². The lowest BCUT2D eigenvalue weighted by molar-refractivity contribution is -0.150. The second-order valence-electron chi connectivity index (χ2n) is 7.89. The molecule has 31 heavy (non-hydrogen) atoms. The number of amides is 2. The van der Waals surface area contributed by atoms with Gasteiger partial charge in [-0.15, -0.1) is 11.8 Å². The molecule has 1 aliphatic carbocycles. The Morgan fingerprint density at radius 2 is 1.65 bits per heavy atom. The third kappa shape index (κ3) is 3.53. The van der Waals surface area contributed by atoms with Gasteiger partial charge >= 0.3 is 0 Å². The van der Waals surface area contributed by atoms with Gasteiger partial charge in [-0.05, 0) is 37.3 Å². The third-order valence-electron chi connectivity index (χ3n) is 5.90. The number of aromatic hydroxyl groups is 1. The lowest BCUT2D eigenvalue weighted by Crippen LogP contribution is -2.49. The number of para-hydroxylation sites is 1. The van der Waals surface area contributed by atoms with Gasteiger partial charge in [0.15, 0.2) is 5.84 Å². The second kappa shape index (κ2) is 8.23. The summed E-state index contributed by atoms with van der Waals surface area (Å²) in [5.41, 5.74) is 2.94. The van der Waals surface area contributed by atoms with E-state index in [1.807, 2.05) is 36.4 Å². The lowest BCUT2D eigenvalue weighted by atomic mass is 9.93. The van der Waals surface area contributed by atoms with Crippen LogP contribution < -0.4 is 0 Å². The first-order valence-electron chi connectivity index (χ1n) is 10.6. The van der Waals surface area contributed by atoms with E-state index in [2.05, 4.69) is 0 Å². The second-order valence-corrected chi connectivity index (χ2v) is 8.96. The van der Waals surface area contributed by atoms with Gasteiger partial charge in [0, 0.05) is 11.1 Å². The van der Waals surface area contributed by atoms with Crippen molar-refractivity contribution in [1.29, 1.82) is 0 Å². The van der Waals surface area contributed by atoms with E-state index >= 15 is 0 Å². The summed E-state index contributed by atoms with van der Waals surface area (Å²) in [5.74, 6) is 0.374. The molecule has 0 radical (unpaired) electrons. The number of rotatable bonds is 3. The third-order valence-corrected chi connectivity index (χ3v) is 7.08. The molecule has 2 amide bonds. The normalized spacial score (nSPS) is 21.8. The maximum atomic E-state index is 13.7. The van der Waals surface area contributed by atoms with Crippen LogP contribution in [0.3, 0.4) is 0 Å². The molecule has 1 saturated carbocycles. The highest BCUT2D eigenvalue weighted by Gasteiger charge is 2.46. The molecule has 2 aromatic rings. The van der Waals surface area contributed by atoms with Crippen LogP contribution in [0.1, 0.15) is 48.6 Å². The number of phenolic OH excluding ortho intramolecular Hbond substituents is 1. The van der Waals surface area contributed by atoms with Crippen LogP contribution in [-0.4, -0.2) is 38.5 Å². The fourth-order valence-corrected chi connectivity index (χ4v) is 5.53. The van der Waals surface area contributed by atoms with Gasteiger partial charge in [0.2, 0.25) is 0 Å². The number of carbonyl (C=O) groups excluding carboxylic acids is 2. The molecule has 7 heteroatoms. The quantitative estimate of drug-likeness (QED) is 0.729. The van der Waals surface area contributed by atoms with Gasteiger partial charge in [-0.3, -0.25) is 9.59 Å². The Labute approximate surface area is 185 Å². The number of carbonyl (C=O) groups is 2. The van der Waals surface area contributed by atoms with Crippen molar-refractivity contribution >= 4 is 29.4 Å². The molecule has 0 aromatic heterocycles. The van der Waals surface area contributed by atoms with Gasteiger partial charge in [0.25, 0.3) is 11.8 Å². The van der Waals surface area contributed by atoms with Crippen LogP contribution in [-0.2, 0) is 9.59 Å². The monoisotopic (exact) mass is 433 g/mol.